The number of nitrogen functional groups attached to an aromatic ring is 1. The first-order valence-electron chi connectivity index (χ1n) is 9.01. The third kappa shape index (κ3) is 5.82. The van der Waals surface area contributed by atoms with Gasteiger partial charge in [-0.3, -0.25) is 4.79 Å². The van der Waals surface area contributed by atoms with E-state index in [0.29, 0.717) is 37.6 Å². The zero-order valence-corrected chi connectivity index (χ0v) is 17.0. The summed E-state index contributed by atoms with van der Waals surface area (Å²) in [6.45, 7) is 3.48. The molecule has 0 spiro atoms. The molecule has 3 aromatic rings. The summed E-state index contributed by atoms with van der Waals surface area (Å²) in [7, 11) is 0. The molecule has 0 unspecified atom stereocenters. The van der Waals surface area contributed by atoms with Crippen LogP contribution in [0.5, 0.6) is 0 Å². The first-order chi connectivity index (χ1) is 14.1. The van der Waals surface area contributed by atoms with Crippen LogP contribution in [0.3, 0.4) is 0 Å². The predicted octanol–water partition coefficient (Wildman–Crippen LogP) is 2.03. The highest BCUT2D eigenvalue weighted by molar-refractivity contribution is 5.95. The van der Waals surface area contributed by atoms with Crippen molar-refractivity contribution in [1.82, 2.24) is 20.9 Å². The highest BCUT2D eigenvalue weighted by Gasteiger charge is 2.15. The van der Waals surface area contributed by atoms with E-state index in [1.807, 2.05) is 24.3 Å². The number of hydrogen-bond donors (Lipinski definition) is 3. The van der Waals surface area contributed by atoms with Crippen LogP contribution in [0.1, 0.15) is 33.5 Å². The Morgan fingerprint density at radius 2 is 1.87 bits per heavy atom. The van der Waals surface area contributed by atoms with Gasteiger partial charge in [-0.25, -0.2) is 9.42 Å². The van der Waals surface area contributed by atoms with E-state index in [4.69, 9.17) is 14.9 Å². The molecule has 0 aliphatic carbocycles. The molecule has 2 heterocycles. The lowest BCUT2D eigenvalue weighted by molar-refractivity contribution is 0.0526. The molecule has 0 saturated carbocycles. The van der Waals surface area contributed by atoms with Gasteiger partial charge >= 0.3 is 5.97 Å². The average molecular weight is 436 g/mol. The van der Waals surface area contributed by atoms with E-state index < -0.39 is 5.91 Å². The molecule has 0 bridgehead atoms. The smallest absolute Gasteiger partial charge is 0.338 e. The minimum atomic E-state index is -0.447. The Bertz CT molecular complexity index is 970. The molecule has 0 atom stereocenters. The number of furan rings is 1. The Morgan fingerprint density at radius 3 is 2.53 bits per heavy atom. The van der Waals surface area contributed by atoms with Gasteiger partial charge < -0.3 is 25.5 Å². The van der Waals surface area contributed by atoms with Crippen LogP contribution in [0.4, 0.5) is 5.82 Å². The van der Waals surface area contributed by atoms with Crippen LogP contribution in [-0.2, 0) is 11.3 Å². The van der Waals surface area contributed by atoms with E-state index in [2.05, 4.69) is 25.6 Å². The average Bonchev–Trinajstić information content (AvgIpc) is 3.37. The van der Waals surface area contributed by atoms with Crippen LogP contribution in [0.15, 0.2) is 45.4 Å². The number of hydrogen-bond acceptors (Lipinski definition) is 9. The van der Waals surface area contributed by atoms with Crippen LogP contribution in [0.25, 0.3) is 11.3 Å². The molecule has 0 radical (unpaired) electrons. The van der Waals surface area contributed by atoms with E-state index in [1.165, 1.54) is 0 Å². The summed E-state index contributed by atoms with van der Waals surface area (Å²) in [5.74, 6) is 0.592. The number of esters is 1. The van der Waals surface area contributed by atoms with Gasteiger partial charge in [0.15, 0.2) is 0 Å². The van der Waals surface area contributed by atoms with Crippen LogP contribution < -0.4 is 16.4 Å². The molecule has 2 aromatic heterocycles. The summed E-state index contributed by atoms with van der Waals surface area (Å²) in [6, 6.07) is 10.7. The summed E-state index contributed by atoms with van der Waals surface area (Å²) < 4.78 is 15.2. The molecule has 11 heteroatoms. The van der Waals surface area contributed by atoms with Crippen molar-refractivity contribution in [2.75, 3.05) is 25.4 Å². The quantitative estimate of drug-likeness (QED) is 0.339. The molecule has 0 aliphatic heterocycles. The molecule has 4 N–H and O–H groups in total. The van der Waals surface area contributed by atoms with Gasteiger partial charge in [-0.05, 0) is 41.5 Å². The molecule has 1 amide bonds. The van der Waals surface area contributed by atoms with Crippen molar-refractivity contribution >= 4 is 30.1 Å². The molecular formula is C19H22ClN5O5. The number of rotatable bonds is 9. The fourth-order valence-corrected chi connectivity index (χ4v) is 2.53. The van der Waals surface area contributed by atoms with Gasteiger partial charge in [-0.1, -0.05) is 12.1 Å². The number of nitrogens with one attached hydrogen (secondary N) is 2. The highest BCUT2D eigenvalue weighted by Crippen LogP contribution is 2.22. The number of ether oxygens (including phenoxy) is 1. The summed E-state index contributed by atoms with van der Waals surface area (Å²) >= 11 is 0. The standard InChI is InChI=1S/C19H21N5O5.ClH/c1-2-27-19(26)13-5-3-12(4-6-13)15-8-7-14(28-15)11-21-9-10-22-18(25)16-17(20)24-29-23-16;/h3-8,21H,2,9-11H2,1H3,(H2,20,24)(H,22,25);1H. The van der Waals surface area contributed by atoms with Crippen LogP contribution in [0.2, 0.25) is 0 Å². The maximum absolute atomic E-state index is 11.8. The van der Waals surface area contributed by atoms with Gasteiger partial charge in [-0.15, -0.1) is 12.4 Å². The minimum Gasteiger partial charge on any atom is -0.462 e. The normalized spacial score (nSPS) is 10.3. The summed E-state index contributed by atoms with van der Waals surface area (Å²) in [4.78, 5) is 23.5. The number of carbonyl (C=O) groups excluding carboxylic acids is 2. The first-order valence-corrected chi connectivity index (χ1v) is 9.01. The zero-order chi connectivity index (χ0) is 20.6. The van der Waals surface area contributed by atoms with Crippen molar-refractivity contribution in [2.24, 2.45) is 0 Å². The molecular weight excluding hydrogens is 414 g/mol. The van der Waals surface area contributed by atoms with Crippen molar-refractivity contribution in [2.45, 2.75) is 13.5 Å². The van der Waals surface area contributed by atoms with Gasteiger partial charge in [0.05, 0.1) is 18.7 Å². The van der Waals surface area contributed by atoms with E-state index in [1.54, 1.807) is 19.1 Å². The Hall–Kier alpha value is -3.37. The molecule has 0 aliphatic rings. The maximum Gasteiger partial charge on any atom is 0.338 e. The number of benzene rings is 1. The Morgan fingerprint density at radius 1 is 1.10 bits per heavy atom. The molecule has 160 valence electrons. The third-order valence-electron chi connectivity index (χ3n) is 3.96. The third-order valence-corrected chi connectivity index (χ3v) is 3.96. The van der Waals surface area contributed by atoms with Gasteiger partial charge in [0.2, 0.25) is 11.5 Å². The molecule has 0 saturated heterocycles. The second kappa shape index (κ2) is 11.0. The second-order valence-electron chi connectivity index (χ2n) is 5.99. The fraction of sp³-hybridized carbons (Fsp3) is 0.263. The lowest BCUT2D eigenvalue weighted by Crippen LogP contribution is -2.32. The molecule has 0 fully saturated rings. The topological polar surface area (TPSA) is 146 Å². The molecule has 1 aromatic carbocycles. The Balaban J connectivity index is 0.00000320. The molecule has 10 nitrogen and oxygen atoms in total. The van der Waals surface area contributed by atoms with Gasteiger partial charge in [0.1, 0.15) is 11.5 Å². The zero-order valence-electron chi connectivity index (χ0n) is 16.2. The number of anilines is 1. The van der Waals surface area contributed by atoms with Crippen molar-refractivity contribution in [3.8, 4) is 11.3 Å². The fourth-order valence-electron chi connectivity index (χ4n) is 2.53. The van der Waals surface area contributed by atoms with Crippen molar-refractivity contribution < 1.29 is 23.4 Å². The number of amides is 1. The SMILES string of the molecule is CCOC(=O)c1ccc(-c2ccc(CNCCNC(=O)c3nonc3N)o2)cc1.Cl. The maximum atomic E-state index is 11.8. The van der Waals surface area contributed by atoms with Crippen LogP contribution in [0, 0.1) is 0 Å². The van der Waals surface area contributed by atoms with Gasteiger partial charge in [0, 0.05) is 18.7 Å². The Kier molecular flexibility index (Phi) is 8.39. The number of nitrogens with zero attached hydrogens (tertiary/aromatic N) is 2. The monoisotopic (exact) mass is 435 g/mol. The predicted molar refractivity (Wildman–Crippen MR) is 110 cm³/mol. The lowest BCUT2D eigenvalue weighted by atomic mass is 10.1. The first kappa shape index (κ1) is 22.9. The minimum absolute atomic E-state index is 0. The van der Waals surface area contributed by atoms with Crippen LogP contribution in [-0.4, -0.2) is 41.9 Å². The van der Waals surface area contributed by atoms with E-state index in [0.717, 1.165) is 11.3 Å². The van der Waals surface area contributed by atoms with Crippen molar-refractivity contribution in [1.29, 1.82) is 0 Å². The number of aromatic nitrogens is 2. The van der Waals surface area contributed by atoms with Crippen LogP contribution >= 0.6 is 12.4 Å². The number of nitrogens with two attached hydrogens (primary N) is 1. The van der Waals surface area contributed by atoms with E-state index in [-0.39, 0.29) is 29.9 Å². The second-order valence-corrected chi connectivity index (χ2v) is 5.99. The molecule has 3 rings (SSSR count). The molecule has 30 heavy (non-hydrogen) atoms. The summed E-state index contributed by atoms with van der Waals surface area (Å²) in [6.07, 6.45) is 0. The largest absolute Gasteiger partial charge is 0.462 e. The van der Waals surface area contributed by atoms with Crippen molar-refractivity contribution in [3.63, 3.8) is 0 Å². The number of halogens is 1. The summed E-state index contributed by atoms with van der Waals surface area (Å²) in [5.41, 5.74) is 6.77. The highest BCUT2D eigenvalue weighted by atomic mass is 35.5. The van der Waals surface area contributed by atoms with Crippen molar-refractivity contribution in [3.05, 3.63) is 53.4 Å². The van der Waals surface area contributed by atoms with Gasteiger partial charge in [0.25, 0.3) is 5.91 Å². The van der Waals surface area contributed by atoms with E-state index in [9.17, 15) is 9.59 Å². The lowest BCUT2D eigenvalue weighted by Gasteiger charge is -2.05. The summed E-state index contributed by atoms with van der Waals surface area (Å²) in [5, 5.41) is 12.6. The van der Waals surface area contributed by atoms with Gasteiger partial charge in [-0.2, -0.15) is 0 Å². The Labute approximate surface area is 178 Å². The number of carbonyl (C=O) groups is 2. The van der Waals surface area contributed by atoms with E-state index >= 15 is 0 Å².